The number of hydrogen-bond donors (Lipinski definition) is 1. The lowest BCUT2D eigenvalue weighted by Gasteiger charge is -2.14. The van der Waals surface area contributed by atoms with Gasteiger partial charge in [-0.15, -0.1) is 11.3 Å². The third-order valence-electron chi connectivity index (χ3n) is 4.17. The van der Waals surface area contributed by atoms with E-state index in [1.54, 1.807) is 23.5 Å². The minimum absolute atomic E-state index is 0.210. The van der Waals surface area contributed by atoms with Gasteiger partial charge in [-0.3, -0.25) is 4.79 Å². The molecule has 1 amide bonds. The fourth-order valence-corrected chi connectivity index (χ4v) is 3.61. The summed E-state index contributed by atoms with van der Waals surface area (Å²) in [5, 5.41) is 5.91. The van der Waals surface area contributed by atoms with Crippen molar-refractivity contribution >= 4 is 17.2 Å². The van der Waals surface area contributed by atoms with Crippen molar-refractivity contribution in [2.75, 3.05) is 27.9 Å². The molecule has 0 saturated carbocycles. The van der Waals surface area contributed by atoms with Crippen LogP contribution in [0.4, 0.5) is 0 Å². The first-order valence-electron chi connectivity index (χ1n) is 8.74. The normalized spacial score (nSPS) is 10.4. The standard InChI is InChI=1S/C21H22N2O4S/c1-25-17-11-15(12-18(26-2)19(17)27-3)20(24)22-10-9-16-13-28-21(23-16)14-7-5-4-6-8-14/h4-8,11-13H,9-10H2,1-3H3,(H,22,24). The van der Waals surface area contributed by atoms with E-state index < -0.39 is 0 Å². The molecule has 0 saturated heterocycles. The summed E-state index contributed by atoms with van der Waals surface area (Å²) in [6.45, 7) is 0.480. The summed E-state index contributed by atoms with van der Waals surface area (Å²) < 4.78 is 15.9. The first-order valence-corrected chi connectivity index (χ1v) is 9.62. The van der Waals surface area contributed by atoms with Crippen LogP contribution in [0.25, 0.3) is 10.6 Å². The minimum Gasteiger partial charge on any atom is -0.493 e. The van der Waals surface area contributed by atoms with E-state index in [0.717, 1.165) is 16.3 Å². The van der Waals surface area contributed by atoms with Crippen molar-refractivity contribution in [3.8, 4) is 27.8 Å². The Hall–Kier alpha value is -3.06. The van der Waals surface area contributed by atoms with Crippen molar-refractivity contribution in [1.29, 1.82) is 0 Å². The highest BCUT2D eigenvalue weighted by Crippen LogP contribution is 2.38. The van der Waals surface area contributed by atoms with Gasteiger partial charge in [0.05, 0.1) is 27.0 Å². The molecule has 1 N–H and O–H groups in total. The molecule has 7 heteroatoms. The molecule has 0 aliphatic heterocycles. The van der Waals surface area contributed by atoms with E-state index >= 15 is 0 Å². The fourth-order valence-electron chi connectivity index (χ4n) is 2.75. The van der Waals surface area contributed by atoms with Crippen LogP contribution in [0.1, 0.15) is 16.1 Å². The van der Waals surface area contributed by atoms with Crippen LogP contribution in [0.2, 0.25) is 0 Å². The highest BCUT2D eigenvalue weighted by molar-refractivity contribution is 7.13. The van der Waals surface area contributed by atoms with Gasteiger partial charge >= 0.3 is 0 Å². The number of nitrogens with one attached hydrogen (secondary N) is 1. The quantitative estimate of drug-likeness (QED) is 0.625. The maximum atomic E-state index is 12.5. The van der Waals surface area contributed by atoms with E-state index in [9.17, 15) is 4.79 Å². The maximum absolute atomic E-state index is 12.5. The molecule has 0 aliphatic rings. The van der Waals surface area contributed by atoms with Crippen molar-refractivity contribution in [2.45, 2.75) is 6.42 Å². The van der Waals surface area contributed by atoms with E-state index in [4.69, 9.17) is 14.2 Å². The third kappa shape index (κ3) is 4.43. The lowest BCUT2D eigenvalue weighted by Crippen LogP contribution is -2.25. The Morgan fingerprint density at radius 3 is 2.32 bits per heavy atom. The number of benzene rings is 2. The number of amides is 1. The van der Waals surface area contributed by atoms with Gasteiger partial charge in [-0.05, 0) is 12.1 Å². The molecule has 0 bridgehead atoms. The molecule has 1 heterocycles. The Balaban J connectivity index is 1.63. The number of ether oxygens (including phenoxy) is 3. The van der Waals surface area contributed by atoms with Crippen molar-refractivity contribution in [3.05, 3.63) is 59.1 Å². The molecule has 2 aromatic carbocycles. The van der Waals surface area contributed by atoms with Gasteiger partial charge in [-0.1, -0.05) is 30.3 Å². The monoisotopic (exact) mass is 398 g/mol. The summed E-state index contributed by atoms with van der Waals surface area (Å²) in [7, 11) is 4.56. The zero-order chi connectivity index (χ0) is 19.9. The van der Waals surface area contributed by atoms with Gasteiger partial charge in [0.15, 0.2) is 11.5 Å². The lowest BCUT2D eigenvalue weighted by atomic mass is 10.1. The number of methoxy groups -OCH3 is 3. The number of thiazole rings is 1. The van der Waals surface area contributed by atoms with Crippen LogP contribution >= 0.6 is 11.3 Å². The molecule has 3 aromatic rings. The largest absolute Gasteiger partial charge is 0.493 e. The van der Waals surface area contributed by atoms with Gasteiger partial charge in [0.25, 0.3) is 5.91 Å². The SMILES string of the molecule is COc1cc(C(=O)NCCc2csc(-c3ccccc3)n2)cc(OC)c1OC. The molecule has 28 heavy (non-hydrogen) atoms. The van der Waals surface area contributed by atoms with Crippen LogP contribution in [0.3, 0.4) is 0 Å². The molecule has 0 unspecified atom stereocenters. The van der Waals surface area contributed by atoms with Crippen molar-refractivity contribution in [2.24, 2.45) is 0 Å². The molecule has 0 atom stereocenters. The second-order valence-electron chi connectivity index (χ2n) is 5.93. The zero-order valence-corrected chi connectivity index (χ0v) is 16.8. The van der Waals surface area contributed by atoms with Crippen LogP contribution in [0.5, 0.6) is 17.2 Å². The molecule has 0 fully saturated rings. The molecular weight excluding hydrogens is 376 g/mol. The van der Waals surface area contributed by atoms with E-state index in [-0.39, 0.29) is 5.91 Å². The highest BCUT2D eigenvalue weighted by Gasteiger charge is 2.17. The Morgan fingerprint density at radius 1 is 1.04 bits per heavy atom. The molecule has 3 rings (SSSR count). The molecule has 0 spiro atoms. The van der Waals surface area contributed by atoms with Gasteiger partial charge in [0.2, 0.25) is 5.75 Å². The summed E-state index contributed by atoms with van der Waals surface area (Å²) >= 11 is 1.60. The predicted molar refractivity (Wildman–Crippen MR) is 110 cm³/mol. The summed E-state index contributed by atoms with van der Waals surface area (Å²) in [4.78, 5) is 17.2. The Kier molecular flexibility index (Phi) is 6.49. The van der Waals surface area contributed by atoms with E-state index in [1.807, 2.05) is 35.7 Å². The lowest BCUT2D eigenvalue weighted by molar-refractivity contribution is 0.0953. The molecule has 0 aliphatic carbocycles. The van der Waals surface area contributed by atoms with Gasteiger partial charge in [0, 0.05) is 29.5 Å². The van der Waals surface area contributed by atoms with Crippen molar-refractivity contribution in [1.82, 2.24) is 10.3 Å². The van der Waals surface area contributed by atoms with Crippen LogP contribution in [0, 0.1) is 0 Å². The molecule has 0 radical (unpaired) electrons. The second-order valence-corrected chi connectivity index (χ2v) is 6.79. The van der Waals surface area contributed by atoms with Crippen LogP contribution in [-0.4, -0.2) is 38.8 Å². The van der Waals surface area contributed by atoms with Crippen molar-refractivity contribution in [3.63, 3.8) is 0 Å². The second kappa shape index (κ2) is 9.23. The minimum atomic E-state index is -0.210. The van der Waals surface area contributed by atoms with Gasteiger partial charge in [-0.25, -0.2) is 4.98 Å². The van der Waals surface area contributed by atoms with E-state index in [0.29, 0.717) is 35.8 Å². The average molecular weight is 398 g/mol. The fraction of sp³-hybridized carbons (Fsp3) is 0.238. The summed E-state index contributed by atoms with van der Waals surface area (Å²) in [5.41, 5.74) is 2.49. The number of rotatable bonds is 8. The first kappa shape index (κ1) is 19.7. The summed E-state index contributed by atoms with van der Waals surface area (Å²) in [6, 6.07) is 13.3. The van der Waals surface area contributed by atoms with Crippen molar-refractivity contribution < 1.29 is 19.0 Å². The van der Waals surface area contributed by atoms with Crippen LogP contribution < -0.4 is 19.5 Å². The van der Waals surface area contributed by atoms with Gasteiger partial charge < -0.3 is 19.5 Å². The maximum Gasteiger partial charge on any atom is 0.251 e. The predicted octanol–water partition coefficient (Wildman–Crippen LogP) is 3.81. The Labute approximate surface area is 168 Å². The van der Waals surface area contributed by atoms with Gasteiger partial charge in [-0.2, -0.15) is 0 Å². The highest BCUT2D eigenvalue weighted by atomic mass is 32.1. The summed E-state index contributed by atoms with van der Waals surface area (Å²) in [6.07, 6.45) is 0.652. The molecular formula is C21H22N2O4S. The number of hydrogen-bond acceptors (Lipinski definition) is 6. The topological polar surface area (TPSA) is 69.7 Å². The zero-order valence-electron chi connectivity index (χ0n) is 16.0. The first-order chi connectivity index (χ1) is 13.7. The number of carbonyl (C=O) groups excluding carboxylic acids is 1. The number of nitrogens with zero attached hydrogens (tertiary/aromatic N) is 1. The van der Waals surface area contributed by atoms with Crippen LogP contribution in [-0.2, 0) is 6.42 Å². The number of aromatic nitrogens is 1. The Morgan fingerprint density at radius 2 is 1.71 bits per heavy atom. The average Bonchev–Trinajstić information content (AvgIpc) is 3.22. The molecule has 1 aromatic heterocycles. The van der Waals surface area contributed by atoms with Gasteiger partial charge in [0.1, 0.15) is 5.01 Å². The van der Waals surface area contributed by atoms with Crippen LogP contribution in [0.15, 0.2) is 47.8 Å². The van der Waals surface area contributed by atoms with E-state index in [1.165, 1.54) is 21.3 Å². The number of carbonyl (C=O) groups is 1. The van der Waals surface area contributed by atoms with E-state index in [2.05, 4.69) is 10.3 Å². The summed E-state index contributed by atoms with van der Waals surface area (Å²) in [5.74, 6) is 1.13. The molecule has 6 nitrogen and oxygen atoms in total. The third-order valence-corrected chi connectivity index (χ3v) is 5.11. The Bertz CT molecular complexity index is 916. The smallest absolute Gasteiger partial charge is 0.251 e. The molecule has 146 valence electrons.